The summed E-state index contributed by atoms with van der Waals surface area (Å²) in [7, 11) is 0. The normalized spacial score (nSPS) is 10.6. The molecule has 0 aliphatic heterocycles. The van der Waals surface area contributed by atoms with Crippen molar-refractivity contribution in [2.24, 2.45) is 0 Å². The van der Waals surface area contributed by atoms with E-state index in [1.165, 1.54) is 12.1 Å². The highest BCUT2D eigenvalue weighted by Crippen LogP contribution is 2.29. The number of nitrogens with zero attached hydrogens (tertiary/aromatic N) is 2. The van der Waals surface area contributed by atoms with Crippen LogP contribution in [-0.2, 0) is 0 Å². The first kappa shape index (κ1) is 10.6. The quantitative estimate of drug-likeness (QED) is 0.607. The second-order valence-electron chi connectivity index (χ2n) is 3.20. The zero-order valence-corrected chi connectivity index (χ0v) is 8.91. The SMILES string of the molecule is Cc1nc2ccc([N+](=O)[O-])c(Cl)c2c(=O)[nH]1. The lowest BCUT2D eigenvalue weighted by atomic mass is 10.2. The second kappa shape index (κ2) is 3.57. The van der Waals surface area contributed by atoms with Crippen LogP contribution in [-0.4, -0.2) is 14.9 Å². The average Bonchev–Trinajstić information content (AvgIpc) is 2.15. The van der Waals surface area contributed by atoms with Gasteiger partial charge in [-0.2, -0.15) is 0 Å². The lowest BCUT2D eigenvalue weighted by Crippen LogP contribution is -2.10. The number of H-pyrrole nitrogens is 1. The molecular formula is C9H6ClN3O3. The number of aromatic nitrogens is 2. The van der Waals surface area contributed by atoms with Crippen LogP contribution in [0.5, 0.6) is 0 Å². The minimum absolute atomic E-state index is 0.0430. The van der Waals surface area contributed by atoms with Crippen LogP contribution in [0, 0.1) is 17.0 Å². The fourth-order valence-corrected chi connectivity index (χ4v) is 1.76. The fraction of sp³-hybridized carbons (Fsp3) is 0.111. The molecule has 16 heavy (non-hydrogen) atoms. The molecule has 0 radical (unpaired) electrons. The number of halogens is 1. The molecule has 0 saturated carbocycles. The van der Waals surface area contributed by atoms with Gasteiger partial charge in [0.2, 0.25) is 0 Å². The highest BCUT2D eigenvalue weighted by atomic mass is 35.5. The zero-order valence-electron chi connectivity index (χ0n) is 8.15. The van der Waals surface area contributed by atoms with Crippen molar-refractivity contribution in [3.8, 4) is 0 Å². The van der Waals surface area contributed by atoms with Gasteiger partial charge in [-0.05, 0) is 13.0 Å². The third kappa shape index (κ3) is 1.53. The van der Waals surface area contributed by atoms with Gasteiger partial charge < -0.3 is 4.98 Å². The summed E-state index contributed by atoms with van der Waals surface area (Å²) in [6.07, 6.45) is 0. The number of benzene rings is 1. The monoisotopic (exact) mass is 239 g/mol. The zero-order chi connectivity index (χ0) is 11.9. The standard InChI is InChI=1S/C9H6ClN3O3/c1-4-11-5-2-3-6(13(15)16)8(10)7(5)9(14)12-4/h2-3H,1H3,(H,11,12,14). The van der Waals surface area contributed by atoms with E-state index in [9.17, 15) is 14.9 Å². The maximum atomic E-state index is 11.6. The van der Waals surface area contributed by atoms with Crippen LogP contribution in [0.2, 0.25) is 5.02 Å². The Balaban J connectivity index is 2.95. The van der Waals surface area contributed by atoms with Crippen molar-refractivity contribution < 1.29 is 4.92 Å². The molecule has 0 bridgehead atoms. The molecule has 82 valence electrons. The number of aromatic amines is 1. The van der Waals surface area contributed by atoms with Crippen LogP contribution in [0.1, 0.15) is 5.82 Å². The molecule has 1 aromatic heterocycles. The summed E-state index contributed by atoms with van der Waals surface area (Å²) in [4.78, 5) is 28.1. The van der Waals surface area contributed by atoms with Gasteiger partial charge in [-0.25, -0.2) is 4.98 Å². The molecule has 6 nitrogen and oxygen atoms in total. The van der Waals surface area contributed by atoms with E-state index >= 15 is 0 Å². The Morgan fingerprint density at radius 1 is 1.50 bits per heavy atom. The number of nitro groups is 1. The third-order valence-corrected chi connectivity index (χ3v) is 2.49. The molecule has 0 atom stereocenters. The number of hydrogen-bond acceptors (Lipinski definition) is 4. The number of hydrogen-bond donors (Lipinski definition) is 1. The maximum absolute atomic E-state index is 11.6. The van der Waals surface area contributed by atoms with E-state index in [-0.39, 0.29) is 16.1 Å². The van der Waals surface area contributed by atoms with Crippen LogP contribution in [0.15, 0.2) is 16.9 Å². The second-order valence-corrected chi connectivity index (χ2v) is 3.58. The Labute approximate surface area is 94.0 Å². The van der Waals surface area contributed by atoms with Gasteiger partial charge in [0.25, 0.3) is 11.2 Å². The van der Waals surface area contributed by atoms with Crippen LogP contribution in [0.3, 0.4) is 0 Å². The fourth-order valence-electron chi connectivity index (χ4n) is 1.44. The molecule has 1 aromatic carbocycles. The summed E-state index contributed by atoms with van der Waals surface area (Å²) >= 11 is 5.79. The van der Waals surface area contributed by atoms with E-state index in [0.29, 0.717) is 11.3 Å². The van der Waals surface area contributed by atoms with Crippen LogP contribution in [0.4, 0.5) is 5.69 Å². The van der Waals surface area contributed by atoms with Crippen LogP contribution < -0.4 is 5.56 Å². The molecule has 0 amide bonds. The summed E-state index contributed by atoms with van der Waals surface area (Å²) in [5.41, 5.74) is -0.432. The Kier molecular flexibility index (Phi) is 2.35. The van der Waals surface area contributed by atoms with Gasteiger partial charge in [0, 0.05) is 6.07 Å². The first-order valence-electron chi connectivity index (χ1n) is 4.34. The lowest BCUT2D eigenvalue weighted by Gasteiger charge is -2.01. The average molecular weight is 240 g/mol. The molecule has 1 N–H and O–H groups in total. The van der Waals surface area contributed by atoms with Crippen molar-refractivity contribution >= 4 is 28.2 Å². The van der Waals surface area contributed by atoms with E-state index in [1.807, 2.05) is 0 Å². The summed E-state index contributed by atoms with van der Waals surface area (Å²) < 4.78 is 0. The molecule has 0 aliphatic rings. The molecule has 7 heteroatoms. The van der Waals surface area contributed by atoms with Gasteiger partial charge in [-0.1, -0.05) is 11.6 Å². The number of rotatable bonds is 1. The van der Waals surface area contributed by atoms with Gasteiger partial charge in [0.1, 0.15) is 10.8 Å². The lowest BCUT2D eigenvalue weighted by molar-refractivity contribution is -0.384. The third-order valence-electron chi connectivity index (χ3n) is 2.11. The summed E-state index contributed by atoms with van der Waals surface area (Å²) in [5, 5.41) is 10.5. The molecule has 0 unspecified atom stereocenters. The van der Waals surface area contributed by atoms with E-state index in [1.54, 1.807) is 6.92 Å². The molecule has 0 saturated heterocycles. The van der Waals surface area contributed by atoms with Crippen molar-refractivity contribution in [2.75, 3.05) is 0 Å². The van der Waals surface area contributed by atoms with Crippen LogP contribution >= 0.6 is 11.6 Å². The first-order valence-corrected chi connectivity index (χ1v) is 4.72. The summed E-state index contributed by atoms with van der Waals surface area (Å²) in [5.74, 6) is 0.433. The number of fused-ring (bicyclic) bond motifs is 1. The number of nitrogens with one attached hydrogen (secondary N) is 1. The predicted octanol–water partition coefficient (Wildman–Crippen LogP) is 1.79. The molecule has 1 heterocycles. The van der Waals surface area contributed by atoms with Crippen molar-refractivity contribution in [3.05, 3.63) is 43.4 Å². The maximum Gasteiger partial charge on any atom is 0.288 e. The van der Waals surface area contributed by atoms with E-state index in [2.05, 4.69) is 9.97 Å². The summed E-state index contributed by atoms with van der Waals surface area (Å²) in [6, 6.07) is 2.64. The largest absolute Gasteiger partial charge is 0.310 e. The van der Waals surface area contributed by atoms with Gasteiger partial charge in [-0.3, -0.25) is 14.9 Å². The van der Waals surface area contributed by atoms with E-state index in [4.69, 9.17) is 11.6 Å². The molecule has 0 spiro atoms. The Hall–Kier alpha value is -1.95. The van der Waals surface area contributed by atoms with Gasteiger partial charge in [0.15, 0.2) is 0 Å². The predicted molar refractivity (Wildman–Crippen MR) is 58.8 cm³/mol. The molecule has 2 aromatic rings. The Bertz CT molecular complexity index is 650. The molecule has 0 fully saturated rings. The first-order chi connectivity index (χ1) is 7.50. The molecule has 0 aliphatic carbocycles. The summed E-state index contributed by atoms with van der Waals surface area (Å²) in [6.45, 7) is 1.62. The Morgan fingerprint density at radius 3 is 2.81 bits per heavy atom. The smallest absolute Gasteiger partial charge is 0.288 e. The minimum Gasteiger partial charge on any atom is -0.310 e. The highest BCUT2D eigenvalue weighted by Gasteiger charge is 2.17. The minimum atomic E-state index is -0.638. The molecular weight excluding hydrogens is 234 g/mol. The number of aryl methyl sites for hydroxylation is 1. The van der Waals surface area contributed by atoms with Crippen LogP contribution in [0.25, 0.3) is 10.9 Å². The van der Waals surface area contributed by atoms with Crippen molar-refractivity contribution in [1.29, 1.82) is 0 Å². The molecule has 2 rings (SSSR count). The van der Waals surface area contributed by atoms with Crippen molar-refractivity contribution in [2.45, 2.75) is 6.92 Å². The highest BCUT2D eigenvalue weighted by molar-refractivity contribution is 6.37. The van der Waals surface area contributed by atoms with Gasteiger partial charge >= 0.3 is 0 Å². The van der Waals surface area contributed by atoms with Gasteiger partial charge in [-0.15, -0.1) is 0 Å². The van der Waals surface area contributed by atoms with E-state index < -0.39 is 10.5 Å². The Morgan fingerprint density at radius 2 is 2.19 bits per heavy atom. The number of nitro benzene ring substituents is 1. The van der Waals surface area contributed by atoms with E-state index in [0.717, 1.165) is 0 Å². The van der Waals surface area contributed by atoms with Crippen molar-refractivity contribution in [3.63, 3.8) is 0 Å². The topological polar surface area (TPSA) is 88.9 Å². The van der Waals surface area contributed by atoms with Crippen molar-refractivity contribution in [1.82, 2.24) is 9.97 Å². The van der Waals surface area contributed by atoms with Gasteiger partial charge in [0.05, 0.1) is 15.8 Å².